The van der Waals surface area contributed by atoms with Crippen LogP contribution in [0.1, 0.15) is 82.6 Å². The molecule has 0 aromatic heterocycles. The maximum absolute atomic E-state index is 8.75. The van der Waals surface area contributed by atoms with E-state index in [4.69, 9.17) is 5.11 Å². The summed E-state index contributed by atoms with van der Waals surface area (Å²) in [7, 11) is 0. The summed E-state index contributed by atoms with van der Waals surface area (Å²) in [4.78, 5) is 0. The first kappa shape index (κ1) is 22.5. The molecule has 0 aliphatic rings. The van der Waals surface area contributed by atoms with Gasteiger partial charge in [0, 0.05) is 18.0 Å². The summed E-state index contributed by atoms with van der Waals surface area (Å²) >= 11 is 0. The highest BCUT2D eigenvalue weighted by Crippen LogP contribution is 2.18. The van der Waals surface area contributed by atoms with Gasteiger partial charge in [0.05, 0.1) is 0 Å². The van der Waals surface area contributed by atoms with Crippen molar-refractivity contribution in [2.75, 3.05) is 11.9 Å². The highest BCUT2D eigenvalue weighted by Gasteiger charge is 1.98. The average molecular weight is 382 g/mol. The Morgan fingerprint density at radius 1 is 0.500 bits per heavy atom. The first-order chi connectivity index (χ1) is 13.9. The summed E-state index contributed by atoms with van der Waals surface area (Å²) in [6.07, 6.45) is 17.0. The lowest BCUT2D eigenvalue weighted by molar-refractivity contribution is 0.282. The van der Waals surface area contributed by atoms with Crippen LogP contribution in [0.2, 0.25) is 0 Å². The van der Waals surface area contributed by atoms with E-state index in [1.54, 1.807) is 0 Å². The minimum atomic E-state index is 0.358. The maximum Gasteiger partial charge on any atom is 0.0431 e. The fourth-order valence-corrected chi connectivity index (χ4v) is 3.65. The maximum atomic E-state index is 8.75. The molecule has 2 heteroatoms. The Hall–Kier alpha value is -1.80. The quantitative estimate of drug-likeness (QED) is 0.293. The number of benzene rings is 2. The summed E-state index contributed by atoms with van der Waals surface area (Å²) in [5, 5.41) is 12.2. The summed E-state index contributed by atoms with van der Waals surface area (Å²) < 4.78 is 0. The third-order valence-corrected chi connectivity index (χ3v) is 5.39. The van der Waals surface area contributed by atoms with Crippen molar-refractivity contribution in [1.82, 2.24) is 0 Å². The van der Waals surface area contributed by atoms with Gasteiger partial charge in [-0.15, -0.1) is 0 Å². The van der Waals surface area contributed by atoms with Gasteiger partial charge in [-0.2, -0.15) is 0 Å². The molecule has 28 heavy (non-hydrogen) atoms. The van der Waals surface area contributed by atoms with Crippen LogP contribution in [0.25, 0.3) is 0 Å². The summed E-state index contributed by atoms with van der Waals surface area (Å²) in [6, 6.07) is 19.2. The standard InChI is InChI=1S/C26H39NO/c28-23-15-10-8-6-4-2-1-3-5-7-9-12-16-24-19-21-26(22-20-24)27-25-17-13-11-14-18-25/h11,13-14,17-22,27-28H,1-10,12,15-16,23H2. The van der Waals surface area contributed by atoms with Gasteiger partial charge in [-0.3, -0.25) is 0 Å². The molecule has 0 bridgehead atoms. The third kappa shape index (κ3) is 10.5. The van der Waals surface area contributed by atoms with Crippen molar-refractivity contribution in [3.05, 3.63) is 60.2 Å². The van der Waals surface area contributed by atoms with Crippen LogP contribution in [0.15, 0.2) is 54.6 Å². The van der Waals surface area contributed by atoms with Crippen molar-refractivity contribution in [2.45, 2.75) is 83.5 Å². The van der Waals surface area contributed by atoms with Gasteiger partial charge in [-0.25, -0.2) is 0 Å². The predicted octanol–water partition coefficient (Wildman–Crippen LogP) is 7.65. The van der Waals surface area contributed by atoms with Crippen LogP contribution in [-0.2, 0) is 6.42 Å². The second-order valence-electron chi connectivity index (χ2n) is 7.90. The monoisotopic (exact) mass is 381 g/mol. The van der Waals surface area contributed by atoms with E-state index < -0.39 is 0 Å². The van der Waals surface area contributed by atoms with Crippen LogP contribution in [0.5, 0.6) is 0 Å². The van der Waals surface area contributed by atoms with Gasteiger partial charge >= 0.3 is 0 Å². The fraction of sp³-hybridized carbons (Fsp3) is 0.538. The molecule has 2 aromatic rings. The van der Waals surface area contributed by atoms with E-state index in [1.807, 2.05) is 6.07 Å². The Morgan fingerprint density at radius 2 is 0.964 bits per heavy atom. The van der Waals surface area contributed by atoms with E-state index in [2.05, 4.69) is 53.8 Å². The molecule has 0 amide bonds. The minimum Gasteiger partial charge on any atom is -0.396 e. The van der Waals surface area contributed by atoms with E-state index in [9.17, 15) is 0 Å². The molecule has 2 aromatic carbocycles. The average Bonchev–Trinajstić information content (AvgIpc) is 2.73. The Bertz CT molecular complexity index is 594. The van der Waals surface area contributed by atoms with Crippen LogP contribution in [0, 0.1) is 0 Å². The largest absolute Gasteiger partial charge is 0.396 e. The summed E-state index contributed by atoms with van der Waals surface area (Å²) in [6.45, 7) is 0.358. The first-order valence-electron chi connectivity index (χ1n) is 11.4. The van der Waals surface area contributed by atoms with E-state index in [-0.39, 0.29) is 0 Å². The molecule has 0 fully saturated rings. The van der Waals surface area contributed by atoms with Gasteiger partial charge in [-0.1, -0.05) is 94.5 Å². The first-order valence-corrected chi connectivity index (χ1v) is 11.4. The van der Waals surface area contributed by atoms with Gasteiger partial charge in [0.2, 0.25) is 0 Å². The van der Waals surface area contributed by atoms with Crippen molar-refractivity contribution in [3.8, 4) is 0 Å². The number of nitrogens with one attached hydrogen (secondary N) is 1. The highest BCUT2D eigenvalue weighted by molar-refractivity contribution is 5.59. The van der Waals surface area contributed by atoms with E-state index in [0.717, 1.165) is 17.8 Å². The Balaban J connectivity index is 1.43. The molecule has 2 nitrogen and oxygen atoms in total. The molecule has 0 atom stereocenters. The molecule has 0 spiro atoms. The Kier molecular flexibility index (Phi) is 12.2. The number of para-hydroxylation sites is 1. The van der Waals surface area contributed by atoms with Crippen molar-refractivity contribution < 1.29 is 5.11 Å². The molecular weight excluding hydrogens is 342 g/mol. The molecule has 0 saturated heterocycles. The van der Waals surface area contributed by atoms with E-state index >= 15 is 0 Å². The van der Waals surface area contributed by atoms with Crippen molar-refractivity contribution >= 4 is 11.4 Å². The Labute approximate surface area is 172 Å². The zero-order chi connectivity index (χ0) is 19.7. The number of aryl methyl sites for hydroxylation is 1. The zero-order valence-electron chi connectivity index (χ0n) is 17.5. The smallest absolute Gasteiger partial charge is 0.0431 e. The second-order valence-corrected chi connectivity index (χ2v) is 7.90. The fourth-order valence-electron chi connectivity index (χ4n) is 3.65. The number of aliphatic hydroxyl groups is 1. The molecule has 0 heterocycles. The number of hydrogen-bond donors (Lipinski definition) is 2. The molecule has 154 valence electrons. The lowest BCUT2D eigenvalue weighted by atomic mass is 10.0. The number of anilines is 2. The third-order valence-electron chi connectivity index (χ3n) is 5.39. The highest BCUT2D eigenvalue weighted by atomic mass is 16.2. The molecule has 0 saturated carbocycles. The lowest BCUT2D eigenvalue weighted by Crippen LogP contribution is -1.91. The SMILES string of the molecule is OCCCCCCCCCCCCCCc1ccc(Nc2ccccc2)cc1. The minimum absolute atomic E-state index is 0.358. The molecule has 0 radical (unpaired) electrons. The van der Waals surface area contributed by atoms with Gasteiger partial charge in [-0.05, 0) is 49.1 Å². The van der Waals surface area contributed by atoms with Crippen LogP contribution in [0.4, 0.5) is 11.4 Å². The van der Waals surface area contributed by atoms with E-state index in [1.165, 1.54) is 82.6 Å². The number of rotatable bonds is 16. The van der Waals surface area contributed by atoms with Crippen molar-refractivity contribution in [2.24, 2.45) is 0 Å². The number of aliphatic hydroxyl groups excluding tert-OH is 1. The van der Waals surface area contributed by atoms with Crippen molar-refractivity contribution in [3.63, 3.8) is 0 Å². The van der Waals surface area contributed by atoms with Crippen molar-refractivity contribution in [1.29, 1.82) is 0 Å². The lowest BCUT2D eigenvalue weighted by Gasteiger charge is -2.07. The molecule has 0 unspecified atom stereocenters. The molecule has 0 aliphatic heterocycles. The molecule has 2 N–H and O–H groups in total. The molecule has 2 rings (SSSR count). The number of hydrogen-bond acceptors (Lipinski definition) is 2. The summed E-state index contributed by atoms with van der Waals surface area (Å²) in [5.41, 5.74) is 3.74. The molecular formula is C26H39NO. The second kappa shape index (κ2) is 15.2. The van der Waals surface area contributed by atoms with Crippen LogP contribution in [-0.4, -0.2) is 11.7 Å². The van der Waals surface area contributed by atoms with Crippen LogP contribution >= 0.6 is 0 Å². The van der Waals surface area contributed by atoms with Crippen LogP contribution in [0.3, 0.4) is 0 Å². The van der Waals surface area contributed by atoms with Gasteiger partial charge in [0.15, 0.2) is 0 Å². The van der Waals surface area contributed by atoms with Gasteiger partial charge < -0.3 is 10.4 Å². The number of unbranched alkanes of at least 4 members (excludes halogenated alkanes) is 11. The Morgan fingerprint density at radius 3 is 1.50 bits per heavy atom. The van der Waals surface area contributed by atoms with Gasteiger partial charge in [0.25, 0.3) is 0 Å². The van der Waals surface area contributed by atoms with Gasteiger partial charge in [0.1, 0.15) is 0 Å². The predicted molar refractivity (Wildman–Crippen MR) is 122 cm³/mol. The summed E-state index contributed by atoms with van der Waals surface area (Å²) in [5.74, 6) is 0. The zero-order valence-corrected chi connectivity index (χ0v) is 17.5. The topological polar surface area (TPSA) is 32.3 Å². The molecule has 0 aliphatic carbocycles. The van der Waals surface area contributed by atoms with E-state index in [0.29, 0.717) is 6.61 Å². The normalized spacial score (nSPS) is 10.9. The van der Waals surface area contributed by atoms with Crippen LogP contribution < -0.4 is 5.32 Å².